The van der Waals surface area contributed by atoms with Crippen LogP contribution >= 0.6 is 0 Å². The molecule has 0 unspecified atom stereocenters. The van der Waals surface area contributed by atoms with Gasteiger partial charge in [0.2, 0.25) is 5.91 Å². The molecule has 0 saturated carbocycles. The number of hydrogen-bond donors (Lipinski definition) is 0. The van der Waals surface area contributed by atoms with E-state index in [1.807, 2.05) is 24.3 Å². The van der Waals surface area contributed by atoms with Crippen LogP contribution < -0.4 is 4.74 Å². The molecule has 1 aliphatic rings. The van der Waals surface area contributed by atoms with Crippen LogP contribution in [0.15, 0.2) is 30.3 Å². The Balaban J connectivity index is 1.45. The van der Waals surface area contributed by atoms with E-state index in [9.17, 15) is 22.4 Å². The average Bonchev–Trinajstić information content (AvgIpc) is 3.13. The van der Waals surface area contributed by atoms with Crippen LogP contribution in [-0.2, 0) is 17.9 Å². The first-order chi connectivity index (χ1) is 16.3. The molecule has 1 saturated heterocycles. The first-order valence-corrected chi connectivity index (χ1v) is 10.8. The minimum Gasteiger partial charge on any atom is -0.497 e. The summed E-state index contributed by atoms with van der Waals surface area (Å²) in [5.41, 5.74) is -0.122. The Bertz CT molecular complexity index is 1180. The number of piperazine rings is 1. The van der Waals surface area contributed by atoms with Crippen LogP contribution in [0.2, 0.25) is 0 Å². The number of carbonyl (C=O) groups is 1. The Hall–Kier alpha value is -3.21. The van der Waals surface area contributed by atoms with Gasteiger partial charge < -0.3 is 9.64 Å². The number of methoxy groups -OCH3 is 1. The van der Waals surface area contributed by atoms with Gasteiger partial charge in [-0.15, -0.1) is 0 Å². The van der Waals surface area contributed by atoms with Crippen molar-refractivity contribution in [1.82, 2.24) is 24.6 Å². The second-order valence-corrected chi connectivity index (χ2v) is 8.19. The first kappa shape index (κ1) is 23.9. The summed E-state index contributed by atoms with van der Waals surface area (Å²) in [6, 6.07) is 8.50. The summed E-state index contributed by atoms with van der Waals surface area (Å²) in [6.07, 6.45) is -5.98. The lowest BCUT2D eigenvalue weighted by Crippen LogP contribution is -2.49. The summed E-state index contributed by atoms with van der Waals surface area (Å²) in [4.78, 5) is 20.6. The number of benzene rings is 1. The van der Waals surface area contributed by atoms with E-state index in [-0.39, 0.29) is 29.2 Å². The van der Waals surface area contributed by atoms with Crippen molar-refractivity contribution < 1.29 is 27.1 Å². The van der Waals surface area contributed by atoms with E-state index in [0.717, 1.165) is 22.5 Å². The van der Waals surface area contributed by atoms with Gasteiger partial charge in [-0.25, -0.2) is 27.2 Å². The Labute approximate surface area is 193 Å². The van der Waals surface area contributed by atoms with Crippen LogP contribution in [0.1, 0.15) is 35.4 Å². The summed E-state index contributed by atoms with van der Waals surface area (Å²) in [7, 11) is 1.62. The van der Waals surface area contributed by atoms with E-state index in [1.54, 1.807) is 12.0 Å². The van der Waals surface area contributed by atoms with Crippen LogP contribution in [0, 0.1) is 6.92 Å². The van der Waals surface area contributed by atoms with Crippen LogP contribution in [-0.4, -0.2) is 63.8 Å². The predicted molar refractivity (Wildman–Crippen MR) is 117 cm³/mol. The third kappa shape index (κ3) is 4.98. The lowest BCUT2D eigenvalue weighted by atomic mass is 10.1. The van der Waals surface area contributed by atoms with Crippen molar-refractivity contribution in [3.8, 4) is 5.75 Å². The molecule has 1 aliphatic heterocycles. The Morgan fingerprint density at radius 2 is 1.82 bits per heavy atom. The second kappa shape index (κ2) is 9.96. The van der Waals surface area contributed by atoms with Crippen molar-refractivity contribution in [1.29, 1.82) is 0 Å². The van der Waals surface area contributed by atoms with Crippen LogP contribution in [0.25, 0.3) is 11.0 Å². The summed E-state index contributed by atoms with van der Waals surface area (Å²) >= 11 is 0. The van der Waals surface area contributed by atoms with Gasteiger partial charge in [-0.05, 0) is 30.7 Å². The molecule has 11 heteroatoms. The smallest absolute Gasteiger partial charge is 0.280 e. The van der Waals surface area contributed by atoms with Gasteiger partial charge in [0.15, 0.2) is 5.65 Å². The molecule has 0 bridgehead atoms. The molecule has 7 nitrogen and oxygen atoms in total. The van der Waals surface area contributed by atoms with Gasteiger partial charge in [-0.1, -0.05) is 12.1 Å². The number of pyridine rings is 1. The summed E-state index contributed by atoms with van der Waals surface area (Å²) in [5, 5.41) is 4.17. The molecule has 34 heavy (non-hydrogen) atoms. The fourth-order valence-corrected chi connectivity index (χ4v) is 4.21. The largest absolute Gasteiger partial charge is 0.497 e. The molecule has 3 heterocycles. The van der Waals surface area contributed by atoms with E-state index >= 15 is 0 Å². The highest BCUT2D eigenvalue weighted by Crippen LogP contribution is 2.32. The Morgan fingerprint density at radius 1 is 1.09 bits per heavy atom. The highest BCUT2D eigenvalue weighted by molar-refractivity contribution is 5.85. The molecule has 4 rings (SSSR count). The summed E-state index contributed by atoms with van der Waals surface area (Å²) in [5.74, 6) is 0.514. The van der Waals surface area contributed by atoms with Crippen LogP contribution in [0.4, 0.5) is 17.6 Å². The molecule has 182 valence electrons. The van der Waals surface area contributed by atoms with Crippen molar-refractivity contribution >= 4 is 16.9 Å². The van der Waals surface area contributed by atoms with E-state index in [4.69, 9.17) is 4.74 Å². The van der Waals surface area contributed by atoms with Gasteiger partial charge in [0.1, 0.15) is 18.0 Å². The summed E-state index contributed by atoms with van der Waals surface area (Å²) < 4.78 is 59.9. The van der Waals surface area contributed by atoms with E-state index in [0.29, 0.717) is 32.2 Å². The van der Waals surface area contributed by atoms with E-state index < -0.39 is 24.1 Å². The number of aromatic nitrogens is 3. The number of nitrogens with zero attached hydrogens (tertiary/aromatic N) is 5. The number of fused-ring (bicyclic) bond motifs is 1. The SMILES string of the molecule is COc1cccc(CN2CCN(C(=O)Cn3nc(C)c4c(C(F)F)cc(C(F)F)nc43)CC2)c1. The standard InChI is InChI=1S/C23H25F4N5O2/c1-14-20-17(21(24)25)11-18(22(26)27)28-23(20)32(29-14)13-19(33)31-8-6-30(7-9-31)12-15-4-3-5-16(10-15)34-2/h3-5,10-11,21-22H,6-9,12-13H2,1-2H3. The molecular weight excluding hydrogens is 454 g/mol. The highest BCUT2D eigenvalue weighted by atomic mass is 19.3. The van der Waals surface area contributed by atoms with Gasteiger partial charge in [0.05, 0.1) is 18.2 Å². The number of amides is 1. The molecule has 0 radical (unpaired) electrons. The predicted octanol–water partition coefficient (Wildman–Crippen LogP) is 3.97. The summed E-state index contributed by atoms with van der Waals surface area (Å²) in [6.45, 7) is 4.24. The molecule has 0 N–H and O–H groups in total. The number of carbonyl (C=O) groups excluding carboxylic acids is 1. The third-order valence-electron chi connectivity index (χ3n) is 5.94. The van der Waals surface area contributed by atoms with Crippen molar-refractivity contribution in [2.24, 2.45) is 0 Å². The number of ether oxygens (including phenoxy) is 1. The Morgan fingerprint density at radius 3 is 2.47 bits per heavy atom. The fraction of sp³-hybridized carbons (Fsp3) is 0.435. The zero-order chi connectivity index (χ0) is 24.4. The monoisotopic (exact) mass is 479 g/mol. The van der Waals surface area contributed by atoms with Gasteiger partial charge in [0.25, 0.3) is 12.9 Å². The molecule has 1 aromatic carbocycles. The van der Waals surface area contributed by atoms with Gasteiger partial charge in [-0.2, -0.15) is 5.10 Å². The number of rotatable bonds is 7. The maximum Gasteiger partial charge on any atom is 0.280 e. The van der Waals surface area contributed by atoms with Crippen molar-refractivity contribution in [2.75, 3.05) is 33.3 Å². The van der Waals surface area contributed by atoms with Crippen LogP contribution in [0.3, 0.4) is 0 Å². The van der Waals surface area contributed by atoms with E-state index in [2.05, 4.69) is 15.0 Å². The zero-order valence-electron chi connectivity index (χ0n) is 18.8. The lowest BCUT2D eigenvalue weighted by Gasteiger charge is -2.34. The van der Waals surface area contributed by atoms with Crippen LogP contribution in [0.5, 0.6) is 5.75 Å². The number of hydrogen-bond acceptors (Lipinski definition) is 5. The maximum atomic E-state index is 13.5. The number of halogens is 4. The Kier molecular flexibility index (Phi) is 7.01. The highest BCUT2D eigenvalue weighted by Gasteiger charge is 2.26. The number of aryl methyl sites for hydroxylation is 1. The first-order valence-electron chi connectivity index (χ1n) is 10.8. The number of alkyl halides is 4. The molecule has 0 spiro atoms. The molecule has 1 amide bonds. The van der Waals surface area contributed by atoms with Gasteiger partial charge >= 0.3 is 0 Å². The molecule has 0 atom stereocenters. The molecule has 2 aromatic heterocycles. The van der Waals surface area contributed by atoms with Gasteiger partial charge in [0, 0.05) is 38.3 Å². The second-order valence-electron chi connectivity index (χ2n) is 8.19. The third-order valence-corrected chi connectivity index (χ3v) is 5.94. The minimum absolute atomic E-state index is 0.00954. The van der Waals surface area contributed by atoms with Crippen molar-refractivity contribution in [2.45, 2.75) is 32.9 Å². The molecular formula is C23H25F4N5O2. The average molecular weight is 479 g/mol. The zero-order valence-corrected chi connectivity index (χ0v) is 18.8. The van der Waals surface area contributed by atoms with Crippen molar-refractivity contribution in [3.63, 3.8) is 0 Å². The topological polar surface area (TPSA) is 63.5 Å². The van der Waals surface area contributed by atoms with Gasteiger partial charge in [-0.3, -0.25) is 9.69 Å². The fourth-order valence-electron chi connectivity index (χ4n) is 4.21. The normalized spacial score (nSPS) is 15.0. The molecule has 0 aliphatic carbocycles. The molecule has 1 fully saturated rings. The lowest BCUT2D eigenvalue weighted by molar-refractivity contribution is -0.133. The molecule has 3 aromatic rings. The maximum absolute atomic E-state index is 13.5. The van der Waals surface area contributed by atoms with Crippen molar-refractivity contribution in [3.05, 3.63) is 52.8 Å². The quantitative estimate of drug-likeness (QED) is 0.480. The van der Waals surface area contributed by atoms with E-state index in [1.165, 1.54) is 6.92 Å². The minimum atomic E-state index is -3.01.